The zero-order valence-corrected chi connectivity index (χ0v) is 11.5. The molecule has 2 heterocycles. The van der Waals surface area contributed by atoms with E-state index in [1.807, 2.05) is 30.3 Å². The van der Waals surface area contributed by atoms with Gasteiger partial charge in [-0.25, -0.2) is 9.97 Å². The van der Waals surface area contributed by atoms with Gasteiger partial charge in [0.25, 0.3) is 0 Å². The molecule has 0 aliphatic heterocycles. The van der Waals surface area contributed by atoms with E-state index in [4.69, 9.17) is 10.5 Å². The van der Waals surface area contributed by atoms with Crippen LogP contribution in [0.2, 0.25) is 0 Å². The van der Waals surface area contributed by atoms with E-state index < -0.39 is 0 Å². The Kier molecular flexibility index (Phi) is 3.02. The molecule has 0 saturated carbocycles. The maximum atomic E-state index is 5.81. The van der Waals surface area contributed by atoms with Crippen molar-refractivity contribution >= 4 is 16.9 Å². The van der Waals surface area contributed by atoms with Gasteiger partial charge in [0.05, 0.1) is 12.7 Å². The molecule has 0 saturated heterocycles. The number of nitrogen functional groups attached to an aromatic ring is 1. The average molecular weight is 268 g/mol. The molecule has 102 valence electrons. The number of hydrogen-bond acceptors (Lipinski definition) is 4. The largest absolute Gasteiger partial charge is 0.496 e. The number of fused-ring (bicyclic) bond motifs is 1. The highest BCUT2D eigenvalue weighted by Crippen LogP contribution is 2.32. The van der Waals surface area contributed by atoms with Crippen LogP contribution in [0.25, 0.3) is 22.6 Å². The lowest BCUT2D eigenvalue weighted by atomic mass is 10.1. The first-order valence-corrected chi connectivity index (χ1v) is 6.49. The normalized spacial score (nSPS) is 10.9. The van der Waals surface area contributed by atoms with Crippen LogP contribution in [0.15, 0.2) is 36.5 Å². The van der Waals surface area contributed by atoms with E-state index in [2.05, 4.69) is 21.5 Å². The van der Waals surface area contributed by atoms with Crippen molar-refractivity contribution in [2.45, 2.75) is 13.5 Å². The minimum absolute atomic E-state index is 0.669. The zero-order chi connectivity index (χ0) is 14.1. The van der Waals surface area contributed by atoms with Crippen LogP contribution in [0.4, 0.5) is 5.69 Å². The van der Waals surface area contributed by atoms with Gasteiger partial charge in [-0.15, -0.1) is 0 Å². The van der Waals surface area contributed by atoms with Gasteiger partial charge in [-0.2, -0.15) is 0 Å². The van der Waals surface area contributed by atoms with Crippen molar-refractivity contribution in [2.75, 3.05) is 12.8 Å². The number of aromatic nitrogens is 3. The predicted molar refractivity (Wildman–Crippen MR) is 79.6 cm³/mol. The molecule has 3 rings (SSSR count). The molecule has 0 aliphatic rings. The van der Waals surface area contributed by atoms with Crippen LogP contribution < -0.4 is 10.5 Å². The summed E-state index contributed by atoms with van der Waals surface area (Å²) in [5.41, 5.74) is 9.15. The topological polar surface area (TPSA) is 66.0 Å². The summed E-state index contributed by atoms with van der Waals surface area (Å²) in [6, 6.07) is 9.44. The van der Waals surface area contributed by atoms with Crippen LogP contribution in [-0.2, 0) is 6.54 Å². The monoisotopic (exact) mass is 268 g/mol. The molecule has 5 nitrogen and oxygen atoms in total. The SMILES string of the molecule is CCn1c(-c2ccc(N)cc2OC)nc2cccnc21. The van der Waals surface area contributed by atoms with E-state index in [-0.39, 0.29) is 0 Å². The lowest BCUT2D eigenvalue weighted by Crippen LogP contribution is -2.00. The fourth-order valence-corrected chi connectivity index (χ4v) is 2.36. The van der Waals surface area contributed by atoms with Crippen molar-refractivity contribution in [2.24, 2.45) is 0 Å². The Hall–Kier alpha value is -2.56. The summed E-state index contributed by atoms with van der Waals surface area (Å²) in [5.74, 6) is 1.56. The Labute approximate surface area is 117 Å². The van der Waals surface area contributed by atoms with Crippen LogP contribution in [0.5, 0.6) is 5.75 Å². The zero-order valence-electron chi connectivity index (χ0n) is 11.5. The van der Waals surface area contributed by atoms with Crippen molar-refractivity contribution in [3.63, 3.8) is 0 Å². The number of ether oxygens (including phenoxy) is 1. The van der Waals surface area contributed by atoms with E-state index in [1.165, 1.54) is 0 Å². The Bertz CT molecular complexity index is 764. The van der Waals surface area contributed by atoms with Crippen molar-refractivity contribution in [3.05, 3.63) is 36.5 Å². The summed E-state index contributed by atoms with van der Waals surface area (Å²) in [5, 5.41) is 0. The minimum Gasteiger partial charge on any atom is -0.496 e. The Morgan fingerprint density at radius 3 is 2.90 bits per heavy atom. The van der Waals surface area contributed by atoms with Gasteiger partial charge in [0, 0.05) is 24.5 Å². The Morgan fingerprint density at radius 1 is 1.30 bits per heavy atom. The molecule has 0 radical (unpaired) electrons. The molecule has 1 aromatic carbocycles. The molecule has 3 aromatic rings. The van der Waals surface area contributed by atoms with Gasteiger partial charge in [-0.1, -0.05) is 0 Å². The van der Waals surface area contributed by atoms with Crippen LogP contribution in [0.1, 0.15) is 6.92 Å². The molecular formula is C15H16N4O. The smallest absolute Gasteiger partial charge is 0.160 e. The molecule has 2 aromatic heterocycles. The molecule has 0 spiro atoms. The third kappa shape index (κ3) is 1.87. The van der Waals surface area contributed by atoms with E-state index in [9.17, 15) is 0 Å². The molecule has 0 bridgehead atoms. The molecule has 0 fully saturated rings. The highest BCUT2D eigenvalue weighted by molar-refractivity contribution is 5.79. The molecule has 0 unspecified atom stereocenters. The standard InChI is InChI=1S/C15H16N4O/c1-3-19-14(18-12-5-4-8-17-15(12)19)11-7-6-10(16)9-13(11)20-2/h4-9H,3,16H2,1-2H3. The van der Waals surface area contributed by atoms with E-state index in [0.717, 1.165) is 34.8 Å². The molecule has 0 amide bonds. The van der Waals surface area contributed by atoms with Gasteiger partial charge in [0.2, 0.25) is 0 Å². The summed E-state index contributed by atoms with van der Waals surface area (Å²) >= 11 is 0. The lowest BCUT2D eigenvalue weighted by molar-refractivity contribution is 0.416. The first-order chi connectivity index (χ1) is 9.74. The molecule has 0 aliphatic carbocycles. The van der Waals surface area contributed by atoms with Crippen LogP contribution in [0.3, 0.4) is 0 Å². The highest BCUT2D eigenvalue weighted by atomic mass is 16.5. The molecule has 2 N–H and O–H groups in total. The summed E-state index contributed by atoms with van der Waals surface area (Å²) in [6.07, 6.45) is 1.78. The summed E-state index contributed by atoms with van der Waals surface area (Å²) in [4.78, 5) is 9.08. The van der Waals surface area contributed by atoms with Gasteiger partial charge in [0.1, 0.15) is 17.1 Å². The van der Waals surface area contributed by atoms with Crippen LogP contribution >= 0.6 is 0 Å². The van der Waals surface area contributed by atoms with Crippen molar-refractivity contribution in [1.29, 1.82) is 0 Å². The maximum Gasteiger partial charge on any atom is 0.160 e. The summed E-state index contributed by atoms with van der Waals surface area (Å²) < 4.78 is 7.50. The van der Waals surface area contributed by atoms with Crippen molar-refractivity contribution < 1.29 is 4.74 Å². The number of rotatable bonds is 3. The Morgan fingerprint density at radius 2 is 2.15 bits per heavy atom. The van der Waals surface area contributed by atoms with Crippen molar-refractivity contribution in [3.8, 4) is 17.1 Å². The fourth-order valence-electron chi connectivity index (χ4n) is 2.36. The minimum atomic E-state index is 0.669. The number of aryl methyl sites for hydroxylation is 1. The number of nitrogens with zero attached hydrogens (tertiary/aromatic N) is 3. The van der Waals surface area contributed by atoms with Gasteiger partial charge in [0.15, 0.2) is 5.65 Å². The number of hydrogen-bond donors (Lipinski definition) is 1. The lowest BCUT2D eigenvalue weighted by Gasteiger charge is -2.10. The Balaban J connectivity index is 2.29. The van der Waals surface area contributed by atoms with E-state index in [0.29, 0.717) is 5.69 Å². The predicted octanol–water partition coefficient (Wildman–Crippen LogP) is 2.71. The summed E-state index contributed by atoms with van der Waals surface area (Å²) in [7, 11) is 1.63. The second kappa shape index (κ2) is 4.85. The second-order valence-corrected chi connectivity index (χ2v) is 4.49. The number of benzene rings is 1. The number of pyridine rings is 1. The molecular weight excluding hydrogens is 252 g/mol. The highest BCUT2D eigenvalue weighted by Gasteiger charge is 2.15. The second-order valence-electron chi connectivity index (χ2n) is 4.49. The number of anilines is 1. The summed E-state index contributed by atoms with van der Waals surface area (Å²) in [6.45, 7) is 2.86. The van der Waals surface area contributed by atoms with Crippen LogP contribution in [-0.4, -0.2) is 21.6 Å². The van der Waals surface area contributed by atoms with Gasteiger partial charge in [-0.3, -0.25) is 0 Å². The van der Waals surface area contributed by atoms with Crippen LogP contribution in [0, 0.1) is 0 Å². The number of imidazole rings is 1. The van der Waals surface area contributed by atoms with Gasteiger partial charge >= 0.3 is 0 Å². The fraction of sp³-hybridized carbons (Fsp3) is 0.200. The van der Waals surface area contributed by atoms with Gasteiger partial charge in [-0.05, 0) is 31.2 Å². The first-order valence-electron chi connectivity index (χ1n) is 6.49. The third-order valence-electron chi connectivity index (χ3n) is 3.29. The third-order valence-corrected chi connectivity index (χ3v) is 3.29. The van der Waals surface area contributed by atoms with E-state index in [1.54, 1.807) is 13.3 Å². The quantitative estimate of drug-likeness (QED) is 0.742. The molecule has 0 atom stereocenters. The number of methoxy groups -OCH3 is 1. The average Bonchev–Trinajstić information content (AvgIpc) is 2.85. The van der Waals surface area contributed by atoms with Crippen molar-refractivity contribution in [1.82, 2.24) is 14.5 Å². The maximum absolute atomic E-state index is 5.81. The van der Waals surface area contributed by atoms with E-state index >= 15 is 0 Å². The molecule has 20 heavy (non-hydrogen) atoms. The number of nitrogens with two attached hydrogens (primary N) is 1. The molecule has 5 heteroatoms. The first kappa shape index (κ1) is 12.5. The van der Waals surface area contributed by atoms with Gasteiger partial charge < -0.3 is 15.0 Å².